The zero-order chi connectivity index (χ0) is 26.5. The standard InChI is InChI=1S/C29H30N6O3/c1-20(23-7-4-5-15-30-23)38-22-11-9-21(10-12-22)33-29-27-24(31-19-32-29)13-14-25-28(27)37-18-17-35(25)26(36)8-6-16-34(2)3/h4-15,19-20H,16-18H2,1-3H3,(H,31,32,33)/b8-6+. The molecule has 0 fully saturated rings. The molecule has 1 aliphatic heterocycles. The summed E-state index contributed by atoms with van der Waals surface area (Å²) in [5, 5.41) is 4.10. The summed E-state index contributed by atoms with van der Waals surface area (Å²) >= 11 is 0. The normalized spacial score (nSPS) is 13.8. The van der Waals surface area contributed by atoms with Gasteiger partial charge >= 0.3 is 0 Å². The van der Waals surface area contributed by atoms with Gasteiger partial charge in [-0.2, -0.15) is 0 Å². The molecule has 1 aliphatic rings. The van der Waals surface area contributed by atoms with Gasteiger partial charge < -0.3 is 24.6 Å². The molecule has 1 amide bonds. The van der Waals surface area contributed by atoms with Crippen molar-refractivity contribution in [2.75, 3.05) is 44.0 Å². The van der Waals surface area contributed by atoms with Crippen LogP contribution in [0.3, 0.4) is 0 Å². The highest BCUT2D eigenvalue weighted by molar-refractivity contribution is 6.07. The highest BCUT2D eigenvalue weighted by Crippen LogP contribution is 2.41. The fraction of sp³-hybridized carbons (Fsp3) is 0.241. The van der Waals surface area contributed by atoms with Crippen LogP contribution in [0, 0.1) is 0 Å². The van der Waals surface area contributed by atoms with Gasteiger partial charge in [-0.05, 0) is 69.6 Å². The topological polar surface area (TPSA) is 92.7 Å². The van der Waals surface area contributed by atoms with Gasteiger partial charge in [0, 0.05) is 24.5 Å². The summed E-state index contributed by atoms with van der Waals surface area (Å²) in [6.07, 6.45) is 6.57. The third-order valence-electron chi connectivity index (χ3n) is 6.12. The van der Waals surface area contributed by atoms with E-state index in [4.69, 9.17) is 9.47 Å². The second-order valence-electron chi connectivity index (χ2n) is 9.20. The average molecular weight is 511 g/mol. The lowest BCUT2D eigenvalue weighted by Crippen LogP contribution is -2.37. The Balaban J connectivity index is 1.38. The number of ether oxygens (including phenoxy) is 2. The molecule has 9 heteroatoms. The molecule has 194 valence electrons. The Morgan fingerprint density at radius 1 is 1.13 bits per heavy atom. The van der Waals surface area contributed by atoms with E-state index in [2.05, 4.69) is 20.3 Å². The van der Waals surface area contributed by atoms with E-state index in [-0.39, 0.29) is 12.0 Å². The van der Waals surface area contributed by atoms with E-state index < -0.39 is 0 Å². The molecule has 0 radical (unpaired) electrons. The maximum absolute atomic E-state index is 13.0. The first-order chi connectivity index (χ1) is 18.5. The van der Waals surface area contributed by atoms with Crippen LogP contribution in [0.2, 0.25) is 0 Å². The Labute approximate surface area is 221 Å². The van der Waals surface area contributed by atoms with Crippen LogP contribution in [-0.4, -0.2) is 59.6 Å². The number of anilines is 3. The minimum Gasteiger partial charge on any atom is -0.489 e. The molecule has 9 nitrogen and oxygen atoms in total. The highest BCUT2D eigenvalue weighted by atomic mass is 16.5. The van der Waals surface area contributed by atoms with E-state index in [0.717, 1.165) is 28.0 Å². The van der Waals surface area contributed by atoms with E-state index in [1.54, 1.807) is 17.2 Å². The van der Waals surface area contributed by atoms with Gasteiger partial charge in [0.15, 0.2) is 5.75 Å². The number of nitrogens with one attached hydrogen (secondary N) is 1. The monoisotopic (exact) mass is 510 g/mol. The van der Waals surface area contributed by atoms with Crippen LogP contribution in [-0.2, 0) is 4.79 Å². The van der Waals surface area contributed by atoms with Crippen LogP contribution in [0.1, 0.15) is 18.7 Å². The van der Waals surface area contributed by atoms with E-state index in [0.29, 0.717) is 37.0 Å². The van der Waals surface area contributed by atoms with Gasteiger partial charge in [0.2, 0.25) is 0 Å². The van der Waals surface area contributed by atoms with E-state index in [1.165, 1.54) is 6.33 Å². The second kappa shape index (κ2) is 11.3. The summed E-state index contributed by atoms with van der Waals surface area (Å²) in [5.74, 6) is 1.84. The SMILES string of the molecule is CC(Oc1ccc(Nc2ncnc3ccc4c(c23)OCCN4C(=O)/C=C/CN(C)C)cc1)c1ccccn1. The first-order valence-corrected chi connectivity index (χ1v) is 12.5. The summed E-state index contributed by atoms with van der Waals surface area (Å²) in [6, 6.07) is 17.2. The molecule has 0 aliphatic carbocycles. The summed E-state index contributed by atoms with van der Waals surface area (Å²) in [7, 11) is 3.92. The number of rotatable bonds is 8. The van der Waals surface area contributed by atoms with Gasteiger partial charge in [-0.1, -0.05) is 12.1 Å². The number of pyridine rings is 1. The molecule has 38 heavy (non-hydrogen) atoms. The number of likely N-dealkylation sites (N-methyl/N-ethyl adjacent to an activating group) is 1. The number of aromatic nitrogens is 3. The third-order valence-corrected chi connectivity index (χ3v) is 6.12. The number of nitrogens with zero attached hydrogens (tertiary/aromatic N) is 5. The molecule has 4 aromatic rings. The van der Waals surface area contributed by atoms with Gasteiger partial charge in [-0.15, -0.1) is 0 Å². The van der Waals surface area contributed by atoms with Crippen molar-refractivity contribution in [1.29, 1.82) is 0 Å². The van der Waals surface area contributed by atoms with Crippen LogP contribution in [0.15, 0.2) is 79.3 Å². The summed E-state index contributed by atoms with van der Waals surface area (Å²) in [4.78, 5) is 30.0. The Morgan fingerprint density at radius 3 is 2.74 bits per heavy atom. The van der Waals surface area contributed by atoms with E-state index in [1.807, 2.05) is 86.6 Å². The first kappa shape index (κ1) is 25.2. The van der Waals surface area contributed by atoms with Crippen molar-refractivity contribution in [2.45, 2.75) is 13.0 Å². The minimum absolute atomic E-state index is 0.0855. The maximum atomic E-state index is 13.0. The van der Waals surface area contributed by atoms with Crippen molar-refractivity contribution < 1.29 is 14.3 Å². The number of hydrogen-bond acceptors (Lipinski definition) is 8. The maximum Gasteiger partial charge on any atom is 0.250 e. The number of benzene rings is 2. The van der Waals surface area contributed by atoms with Crippen LogP contribution in [0.4, 0.5) is 17.2 Å². The van der Waals surface area contributed by atoms with E-state index >= 15 is 0 Å². The molecule has 0 saturated carbocycles. The van der Waals surface area contributed by atoms with Gasteiger partial charge in [0.05, 0.1) is 28.8 Å². The van der Waals surface area contributed by atoms with Gasteiger partial charge in [-0.25, -0.2) is 9.97 Å². The fourth-order valence-electron chi connectivity index (χ4n) is 4.24. The van der Waals surface area contributed by atoms with Crippen molar-refractivity contribution in [2.24, 2.45) is 0 Å². The fourth-order valence-corrected chi connectivity index (χ4v) is 4.24. The van der Waals surface area contributed by atoms with Gasteiger partial charge in [0.25, 0.3) is 5.91 Å². The molecule has 0 saturated heterocycles. The number of carbonyl (C=O) groups is 1. The summed E-state index contributed by atoms with van der Waals surface area (Å²) < 4.78 is 12.1. The molecule has 2 aromatic carbocycles. The molecule has 5 rings (SSSR count). The number of carbonyl (C=O) groups excluding carboxylic acids is 1. The minimum atomic E-state index is -0.173. The van der Waals surface area contributed by atoms with Crippen LogP contribution < -0.4 is 19.7 Å². The Kier molecular flexibility index (Phi) is 7.46. The Hall–Kier alpha value is -4.50. The molecular formula is C29H30N6O3. The summed E-state index contributed by atoms with van der Waals surface area (Å²) in [5.41, 5.74) is 3.12. The largest absolute Gasteiger partial charge is 0.489 e. The smallest absolute Gasteiger partial charge is 0.250 e. The lowest BCUT2D eigenvalue weighted by molar-refractivity contribution is -0.114. The zero-order valence-corrected chi connectivity index (χ0v) is 21.7. The molecule has 3 heterocycles. The van der Waals surface area contributed by atoms with Gasteiger partial charge in [-0.3, -0.25) is 9.78 Å². The van der Waals surface area contributed by atoms with Crippen LogP contribution in [0.25, 0.3) is 10.9 Å². The highest BCUT2D eigenvalue weighted by Gasteiger charge is 2.26. The molecule has 0 bridgehead atoms. The van der Waals surface area contributed by atoms with Gasteiger partial charge in [0.1, 0.15) is 30.6 Å². The quantitative estimate of drug-likeness (QED) is 0.340. The van der Waals surface area contributed by atoms with Crippen molar-refractivity contribution in [1.82, 2.24) is 19.9 Å². The molecular weight excluding hydrogens is 480 g/mol. The molecule has 1 N–H and O–H groups in total. The summed E-state index contributed by atoms with van der Waals surface area (Å²) in [6.45, 7) is 3.51. The Morgan fingerprint density at radius 2 is 1.97 bits per heavy atom. The predicted octanol–water partition coefficient (Wildman–Crippen LogP) is 4.75. The predicted molar refractivity (Wildman–Crippen MR) is 148 cm³/mol. The van der Waals surface area contributed by atoms with Crippen molar-refractivity contribution >= 4 is 34.0 Å². The lowest BCUT2D eigenvalue weighted by atomic mass is 10.1. The lowest BCUT2D eigenvalue weighted by Gasteiger charge is -2.30. The average Bonchev–Trinajstić information content (AvgIpc) is 2.94. The molecule has 2 aromatic heterocycles. The third kappa shape index (κ3) is 5.57. The Bertz CT molecular complexity index is 1440. The van der Waals surface area contributed by atoms with E-state index in [9.17, 15) is 4.79 Å². The van der Waals surface area contributed by atoms with Crippen LogP contribution in [0.5, 0.6) is 11.5 Å². The number of amides is 1. The van der Waals surface area contributed by atoms with Crippen molar-refractivity contribution in [3.63, 3.8) is 0 Å². The second-order valence-corrected chi connectivity index (χ2v) is 9.20. The molecule has 0 spiro atoms. The molecule has 1 atom stereocenters. The van der Waals surface area contributed by atoms with Crippen molar-refractivity contribution in [3.8, 4) is 11.5 Å². The number of fused-ring (bicyclic) bond motifs is 3. The van der Waals surface area contributed by atoms with Crippen LogP contribution >= 0.6 is 0 Å². The molecule has 1 unspecified atom stereocenters. The first-order valence-electron chi connectivity index (χ1n) is 12.5. The van der Waals surface area contributed by atoms with Crippen molar-refractivity contribution in [3.05, 3.63) is 85.0 Å². The zero-order valence-electron chi connectivity index (χ0n) is 21.7. The number of hydrogen-bond donors (Lipinski definition) is 1.